The van der Waals surface area contributed by atoms with Gasteiger partial charge in [-0.1, -0.05) is 41.7 Å². The summed E-state index contributed by atoms with van der Waals surface area (Å²) < 4.78 is 1.81. The highest BCUT2D eigenvalue weighted by molar-refractivity contribution is 5.93. The monoisotopic (exact) mass is 318 g/mol. The normalized spacial score (nSPS) is 13.2. The molecule has 0 unspecified atom stereocenters. The first-order valence-electron chi connectivity index (χ1n) is 7.90. The fourth-order valence-corrected chi connectivity index (χ4v) is 3.01. The Morgan fingerprint density at radius 3 is 2.67 bits per heavy atom. The van der Waals surface area contributed by atoms with Gasteiger partial charge in [0.2, 0.25) is 0 Å². The molecule has 0 amide bonds. The van der Waals surface area contributed by atoms with Gasteiger partial charge in [0.25, 0.3) is 5.95 Å². The van der Waals surface area contributed by atoms with Crippen molar-refractivity contribution in [2.24, 2.45) is 4.99 Å². The molecule has 0 saturated carbocycles. The first-order chi connectivity index (χ1) is 11.6. The number of hydrogen-bond donors (Lipinski definition) is 0. The van der Waals surface area contributed by atoms with E-state index in [-0.39, 0.29) is 0 Å². The lowest BCUT2D eigenvalue weighted by molar-refractivity contribution is -0.649. The second-order valence-electron chi connectivity index (χ2n) is 5.99. The highest BCUT2D eigenvalue weighted by atomic mass is 15.6. The first kappa shape index (κ1) is 14.6. The summed E-state index contributed by atoms with van der Waals surface area (Å²) in [6.45, 7) is 6.67. The SMILES string of the molecule is CC1=Nc2nn(-c3ccccc3)n[n+]2-c2c(C)cc(C)cc2C[N-]1. The number of para-hydroxylation sites is 1. The molecule has 4 rings (SSSR count). The van der Waals surface area contributed by atoms with Crippen LogP contribution in [0.2, 0.25) is 0 Å². The van der Waals surface area contributed by atoms with E-state index in [2.05, 4.69) is 46.6 Å². The van der Waals surface area contributed by atoms with Crippen LogP contribution in [0.3, 0.4) is 0 Å². The van der Waals surface area contributed by atoms with Crippen molar-refractivity contribution in [1.29, 1.82) is 0 Å². The summed E-state index contributed by atoms with van der Waals surface area (Å²) in [7, 11) is 0. The number of fused-ring (bicyclic) bond motifs is 3. The number of hydrogen-bond acceptors (Lipinski definition) is 3. The molecular weight excluding hydrogens is 300 g/mol. The molecule has 1 aliphatic heterocycles. The molecule has 0 N–H and O–H groups in total. The van der Waals surface area contributed by atoms with E-state index >= 15 is 0 Å². The van der Waals surface area contributed by atoms with Crippen LogP contribution in [0.5, 0.6) is 0 Å². The van der Waals surface area contributed by atoms with Crippen molar-refractivity contribution in [2.75, 3.05) is 0 Å². The summed E-state index contributed by atoms with van der Waals surface area (Å²) in [5.41, 5.74) is 5.40. The molecular formula is C18H18N6. The van der Waals surface area contributed by atoms with Gasteiger partial charge >= 0.3 is 0 Å². The lowest BCUT2D eigenvalue weighted by Crippen LogP contribution is -2.37. The summed E-state index contributed by atoms with van der Waals surface area (Å²) >= 11 is 0. The zero-order chi connectivity index (χ0) is 16.7. The Morgan fingerprint density at radius 1 is 1.08 bits per heavy atom. The number of aromatic nitrogens is 4. The van der Waals surface area contributed by atoms with Gasteiger partial charge in [0.15, 0.2) is 0 Å². The predicted molar refractivity (Wildman–Crippen MR) is 92.2 cm³/mol. The van der Waals surface area contributed by atoms with E-state index in [1.165, 1.54) is 5.56 Å². The molecule has 2 aromatic carbocycles. The average Bonchev–Trinajstić information content (AvgIpc) is 2.95. The largest absolute Gasteiger partial charge is 0.464 e. The molecule has 24 heavy (non-hydrogen) atoms. The maximum Gasteiger partial charge on any atom is 0.287 e. The number of aryl methyl sites for hydroxylation is 2. The van der Waals surface area contributed by atoms with E-state index in [1.54, 1.807) is 4.80 Å². The smallest absolute Gasteiger partial charge is 0.287 e. The molecule has 0 bridgehead atoms. The van der Waals surface area contributed by atoms with Crippen LogP contribution in [-0.2, 0) is 6.54 Å². The quantitative estimate of drug-likeness (QED) is 0.647. The van der Waals surface area contributed by atoms with Crippen LogP contribution < -0.4 is 4.68 Å². The molecule has 0 saturated heterocycles. The molecule has 0 atom stereocenters. The van der Waals surface area contributed by atoms with Gasteiger partial charge in [0.1, 0.15) is 11.4 Å². The molecule has 120 valence electrons. The third kappa shape index (κ3) is 2.46. The Bertz CT molecular complexity index is 940. The zero-order valence-corrected chi connectivity index (χ0v) is 13.9. The maximum atomic E-state index is 4.66. The van der Waals surface area contributed by atoms with E-state index in [0.717, 1.165) is 22.5 Å². The molecule has 1 aromatic heterocycles. The second-order valence-corrected chi connectivity index (χ2v) is 5.99. The Hall–Kier alpha value is -3.02. The van der Waals surface area contributed by atoms with Crippen LogP contribution in [0.4, 0.5) is 5.95 Å². The van der Waals surface area contributed by atoms with Crippen LogP contribution in [0.15, 0.2) is 47.5 Å². The number of nitrogens with zero attached hydrogens (tertiary/aromatic N) is 6. The highest BCUT2D eigenvalue weighted by Crippen LogP contribution is 2.23. The molecule has 0 spiro atoms. The van der Waals surface area contributed by atoms with E-state index in [0.29, 0.717) is 18.3 Å². The van der Waals surface area contributed by atoms with Crippen LogP contribution >= 0.6 is 0 Å². The molecule has 1 aliphatic rings. The number of benzene rings is 2. The number of rotatable bonds is 1. The maximum absolute atomic E-state index is 4.66. The summed E-state index contributed by atoms with van der Waals surface area (Å²) in [6.07, 6.45) is 0. The summed E-state index contributed by atoms with van der Waals surface area (Å²) in [5, 5.41) is 13.8. The van der Waals surface area contributed by atoms with Gasteiger partial charge in [-0.3, -0.25) is 0 Å². The van der Waals surface area contributed by atoms with Crippen LogP contribution in [0.1, 0.15) is 23.6 Å². The van der Waals surface area contributed by atoms with Crippen molar-refractivity contribution in [1.82, 2.24) is 15.1 Å². The van der Waals surface area contributed by atoms with Crippen molar-refractivity contribution in [3.8, 4) is 11.4 Å². The second kappa shape index (κ2) is 5.56. The number of aliphatic imine (C=N–C) groups is 1. The lowest BCUT2D eigenvalue weighted by Gasteiger charge is -2.20. The summed E-state index contributed by atoms with van der Waals surface area (Å²) in [6, 6.07) is 14.1. The minimum atomic E-state index is 0.535. The van der Waals surface area contributed by atoms with Crippen LogP contribution in [0.25, 0.3) is 16.7 Å². The fraction of sp³-hybridized carbons (Fsp3) is 0.222. The Morgan fingerprint density at radius 2 is 1.88 bits per heavy atom. The first-order valence-corrected chi connectivity index (χ1v) is 7.90. The average molecular weight is 318 g/mol. The minimum Gasteiger partial charge on any atom is -0.464 e. The Balaban J connectivity index is 1.97. The van der Waals surface area contributed by atoms with Crippen LogP contribution in [0, 0.1) is 13.8 Å². The Labute approximate surface area is 140 Å². The standard InChI is InChI=1S/C18H18N6/c1-12-9-13(2)17-15(10-12)11-19-14(3)20-18-21-24(22-23(17)18)16-7-5-4-6-8-16/h4-10H,11H2,1-3H3. The topological polar surface area (TPSA) is 61.1 Å². The molecule has 0 fully saturated rings. The van der Waals surface area contributed by atoms with Gasteiger partial charge < -0.3 is 10.3 Å². The van der Waals surface area contributed by atoms with Crippen molar-refractivity contribution in [3.05, 3.63) is 64.5 Å². The predicted octanol–water partition coefficient (Wildman–Crippen LogP) is 3.10. The number of amidine groups is 1. The lowest BCUT2D eigenvalue weighted by atomic mass is 10.0. The molecule has 2 heterocycles. The van der Waals surface area contributed by atoms with Crippen molar-refractivity contribution < 1.29 is 4.68 Å². The van der Waals surface area contributed by atoms with Crippen molar-refractivity contribution >= 4 is 11.8 Å². The van der Waals surface area contributed by atoms with Gasteiger partial charge in [0.05, 0.1) is 0 Å². The molecule has 3 aromatic rings. The van der Waals surface area contributed by atoms with Crippen molar-refractivity contribution in [3.63, 3.8) is 0 Å². The fourth-order valence-electron chi connectivity index (χ4n) is 3.01. The highest BCUT2D eigenvalue weighted by Gasteiger charge is 2.21. The van der Waals surface area contributed by atoms with Gasteiger partial charge in [-0.05, 0) is 55.4 Å². The summed E-state index contributed by atoms with van der Waals surface area (Å²) in [4.78, 5) is 6.14. The van der Waals surface area contributed by atoms with E-state index in [9.17, 15) is 0 Å². The molecule has 6 nitrogen and oxygen atoms in total. The zero-order valence-electron chi connectivity index (χ0n) is 13.9. The number of tetrazole rings is 1. The Kier molecular flexibility index (Phi) is 3.37. The van der Waals surface area contributed by atoms with Crippen LogP contribution in [-0.4, -0.2) is 20.9 Å². The summed E-state index contributed by atoms with van der Waals surface area (Å²) in [5.74, 6) is 1.24. The van der Waals surface area contributed by atoms with E-state index in [1.807, 2.05) is 41.9 Å². The van der Waals surface area contributed by atoms with Gasteiger partial charge in [-0.15, -0.1) is 4.68 Å². The van der Waals surface area contributed by atoms with Crippen molar-refractivity contribution in [2.45, 2.75) is 27.3 Å². The van der Waals surface area contributed by atoms with E-state index < -0.39 is 0 Å². The molecule has 6 heteroatoms. The third-order valence-corrected chi connectivity index (χ3v) is 4.01. The third-order valence-electron chi connectivity index (χ3n) is 4.01. The van der Waals surface area contributed by atoms with E-state index in [4.69, 9.17) is 0 Å². The van der Waals surface area contributed by atoms with Gasteiger partial charge in [-0.2, -0.15) is 0 Å². The molecule has 0 radical (unpaired) electrons. The minimum absolute atomic E-state index is 0.535. The van der Waals surface area contributed by atoms with Gasteiger partial charge in [-0.25, -0.2) is 0 Å². The van der Waals surface area contributed by atoms with Gasteiger partial charge in [0, 0.05) is 10.3 Å². The molecule has 0 aliphatic carbocycles.